The minimum atomic E-state index is -0.953. The van der Waals surface area contributed by atoms with Crippen LogP contribution in [0.4, 0.5) is 5.69 Å². The van der Waals surface area contributed by atoms with E-state index in [1.54, 1.807) is 18.2 Å². The zero-order chi connectivity index (χ0) is 19.0. The number of amides is 4. The van der Waals surface area contributed by atoms with Crippen molar-refractivity contribution in [2.24, 2.45) is 11.7 Å². The van der Waals surface area contributed by atoms with Gasteiger partial charge in [0.05, 0.1) is 11.1 Å². The molecule has 138 valence electrons. The minimum Gasteiger partial charge on any atom is -0.383 e. The summed E-state index contributed by atoms with van der Waals surface area (Å²) in [6, 6.07) is 3.90. The molecule has 1 aromatic rings. The molecule has 8 nitrogen and oxygen atoms in total. The van der Waals surface area contributed by atoms with Crippen molar-refractivity contribution in [3.05, 3.63) is 29.3 Å². The molecule has 4 N–H and O–H groups in total. The van der Waals surface area contributed by atoms with Crippen LogP contribution >= 0.6 is 0 Å². The molecule has 2 atom stereocenters. The molecule has 0 bridgehead atoms. The number of anilines is 1. The van der Waals surface area contributed by atoms with E-state index in [4.69, 9.17) is 5.73 Å². The maximum atomic E-state index is 12.7. The SMILES string of the molecule is CC(C)C(N)CNc1ccc2c(c1)C(=O)N(C1CCC(=O)NC1=O)C2=O. The Morgan fingerprint density at radius 3 is 2.54 bits per heavy atom. The summed E-state index contributed by atoms with van der Waals surface area (Å²) in [7, 11) is 0. The number of imide groups is 2. The number of benzene rings is 1. The molecule has 2 heterocycles. The maximum Gasteiger partial charge on any atom is 0.262 e. The minimum absolute atomic E-state index is 0.0411. The standard InChI is InChI=1S/C18H22N4O4/c1-9(2)13(19)8-20-10-3-4-11-12(7-10)18(26)22(17(11)25)14-5-6-15(23)21-16(14)24/h3-4,7,9,13-14,20H,5-6,8,19H2,1-2H3,(H,21,23,24). The van der Waals surface area contributed by atoms with Crippen molar-refractivity contribution in [1.82, 2.24) is 10.2 Å². The Labute approximate surface area is 151 Å². The average Bonchev–Trinajstić information content (AvgIpc) is 2.84. The molecule has 1 aromatic carbocycles. The van der Waals surface area contributed by atoms with Crippen LogP contribution in [-0.2, 0) is 9.59 Å². The van der Waals surface area contributed by atoms with Gasteiger partial charge in [0, 0.05) is 24.7 Å². The third-order valence-electron chi connectivity index (χ3n) is 4.84. The van der Waals surface area contributed by atoms with Crippen LogP contribution in [0.25, 0.3) is 0 Å². The summed E-state index contributed by atoms with van der Waals surface area (Å²) in [5.41, 5.74) is 7.21. The number of fused-ring (bicyclic) bond motifs is 1. The molecule has 1 fully saturated rings. The summed E-state index contributed by atoms with van der Waals surface area (Å²) in [5, 5.41) is 5.35. The Balaban J connectivity index is 1.79. The Kier molecular flexibility index (Phi) is 4.78. The van der Waals surface area contributed by atoms with Crippen LogP contribution in [-0.4, -0.2) is 47.2 Å². The monoisotopic (exact) mass is 358 g/mol. The summed E-state index contributed by atoms with van der Waals surface area (Å²) in [6.45, 7) is 4.58. The van der Waals surface area contributed by atoms with Crippen LogP contribution in [0.5, 0.6) is 0 Å². The predicted molar refractivity (Wildman–Crippen MR) is 94.4 cm³/mol. The van der Waals surface area contributed by atoms with Crippen molar-refractivity contribution >= 4 is 29.3 Å². The fourth-order valence-corrected chi connectivity index (χ4v) is 3.05. The average molecular weight is 358 g/mol. The third kappa shape index (κ3) is 3.20. The number of rotatable bonds is 5. The lowest BCUT2D eigenvalue weighted by Crippen LogP contribution is -2.54. The Morgan fingerprint density at radius 1 is 1.19 bits per heavy atom. The van der Waals surface area contributed by atoms with Crippen LogP contribution in [0.2, 0.25) is 0 Å². The number of hydrogen-bond acceptors (Lipinski definition) is 6. The Hall–Kier alpha value is -2.74. The Morgan fingerprint density at radius 2 is 1.88 bits per heavy atom. The normalized spacial score (nSPS) is 21.1. The summed E-state index contributed by atoms with van der Waals surface area (Å²) >= 11 is 0. The number of carbonyl (C=O) groups excluding carboxylic acids is 4. The van der Waals surface area contributed by atoms with Crippen LogP contribution in [0.3, 0.4) is 0 Å². The largest absolute Gasteiger partial charge is 0.383 e. The van der Waals surface area contributed by atoms with E-state index in [0.29, 0.717) is 18.2 Å². The lowest BCUT2D eigenvalue weighted by Gasteiger charge is -2.27. The van der Waals surface area contributed by atoms with E-state index >= 15 is 0 Å². The highest BCUT2D eigenvalue weighted by molar-refractivity contribution is 6.23. The number of piperidine rings is 1. The third-order valence-corrected chi connectivity index (χ3v) is 4.84. The number of hydrogen-bond donors (Lipinski definition) is 3. The number of carbonyl (C=O) groups is 4. The second kappa shape index (κ2) is 6.87. The van der Waals surface area contributed by atoms with Crippen molar-refractivity contribution in [2.45, 2.75) is 38.8 Å². The fourth-order valence-electron chi connectivity index (χ4n) is 3.05. The van der Waals surface area contributed by atoms with Gasteiger partial charge in [0.1, 0.15) is 6.04 Å². The van der Waals surface area contributed by atoms with Gasteiger partial charge in [-0.15, -0.1) is 0 Å². The van der Waals surface area contributed by atoms with E-state index < -0.39 is 29.7 Å². The topological polar surface area (TPSA) is 122 Å². The highest BCUT2D eigenvalue weighted by atomic mass is 16.2. The van der Waals surface area contributed by atoms with E-state index in [2.05, 4.69) is 10.6 Å². The van der Waals surface area contributed by atoms with Crippen molar-refractivity contribution in [3.8, 4) is 0 Å². The van der Waals surface area contributed by atoms with Gasteiger partial charge < -0.3 is 11.1 Å². The van der Waals surface area contributed by atoms with Gasteiger partial charge in [-0.1, -0.05) is 13.8 Å². The summed E-state index contributed by atoms with van der Waals surface area (Å²) in [5.74, 6) is -1.72. The summed E-state index contributed by atoms with van der Waals surface area (Å²) in [6.07, 6.45) is 0.244. The molecule has 2 aliphatic heterocycles. The van der Waals surface area contributed by atoms with Gasteiger partial charge in [0.15, 0.2) is 0 Å². The molecule has 0 radical (unpaired) electrons. The van der Waals surface area contributed by atoms with E-state index in [9.17, 15) is 19.2 Å². The van der Waals surface area contributed by atoms with E-state index in [0.717, 1.165) is 4.90 Å². The molecule has 0 aromatic heterocycles. The molecule has 8 heteroatoms. The van der Waals surface area contributed by atoms with Gasteiger partial charge in [0.2, 0.25) is 11.8 Å². The molecule has 0 aliphatic carbocycles. The molecule has 2 aliphatic rings. The number of nitrogens with zero attached hydrogens (tertiary/aromatic N) is 1. The maximum absolute atomic E-state index is 12.7. The first kappa shape index (κ1) is 18.1. The highest BCUT2D eigenvalue weighted by Gasteiger charge is 2.44. The molecular formula is C18H22N4O4. The Bertz CT molecular complexity index is 789. The van der Waals surface area contributed by atoms with Gasteiger partial charge in [-0.25, -0.2) is 0 Å². The smallest absolute Gasteiger partial charge is 0.262 e. The quantitative estimate of drug-likeness (QED) is 0.658. The molecule has 4 amide bonds. The molecule has 26 heavy (non-hydrogen) atoms. The molecule has 3 rings (SSSR count). The lowest BCUT2D eigenvalue weighted by atomic mass is 10.0. The van der Waals surface area contributed by atoms with Gasteiger partial charge in [-0.3, -0.25) is 29.4 Å². The van der Waals surface area contributed by atoms with Crippen molar-refractivity contribution in [2.75, 3.05) is 11.9 Å². The summed E-state index contributed by atoms with van der Waals surface area (Å²) in [4.78, 5) is 49.6. The predicted octanol–water partition coefficient (Wildman–Crippen LogP) is 0.483. The molecule has 1 saturated heterocycles. The van der Waals surface area contributed by atoms with Crippen LogP contribution in [0, 0.1) is 5.92 Å². The van der Waals surface area contributed by atoms with Gasteiger partial charge in [0.25, 0.3) is 11.8 Å². The molecule has 2 unspecified atom stereocenters. The lowest BCUT2D eigenvalue weighted by molar-refractivity contribution is -0.136. The van der Waals surface area contributed by atoms with Crippen LogP contribution in [0.1, 0.15) is 47.4 Å². The van der Waals surface area contributed by atoms with Crippen LogP contribution < -0.4 is 16.4 Å². The second-order valence-electron chi connectivity index (χ2n) is 7.00. The zero-order valence-electron chi connectivity index (χ0n) is 14.7. The summed E-state index contributed by atoms with van der Waals surface area (Å²) < 4.78 is 0. The van der Waals surface area contributed by atoms with Crippen molar-refractivity contribution < 1.29 is 19.2 Å². The van der Waals surface area contributed by atoms with E-state index in [1.165, 1.54) is 0 Å². The first-order chi connectivity index (χ1) is 12.3. The zero-order valence-corrected chi connectivity index (χ0v) is 14.7. The first-order valence-electron chi connectivity index (χ1n) is 8.64. The van der Waals surface area contributed by atoms with Crippen molar-refractivity contribution in [3.63, 3.8) is 0 Å². The fraction of sp³-hybridized carbons (Fsp3) is 0.444. The highest BCUT2D eigenvalue weighted by Crippen LogP contribution is 2.29. The van der Waals surface area contributed by atoms with E-state index in [-0.39, 0.29) is 30.0 Å². The van der Waals surface area contributed by atoms with Gasteiger partial charge >= 0.3 is 0 Å². The molecular weight excluding hydrogens is 336 g/mol. The van der Waals surface area contributed by atoms with Crippen molar-refractivity contribution in [1.29, 1.82) is 0 Å². The second-order valence-corrected chi connectivity index (χ2v) is 7.00. The number of nitrogens with two attached hydrogens (primary N) is 1. The van der Waals surface area contributed by atoms with E-state index in [1.807, 2.05) is 13.8 Å². The number of nitrogens with one attached hydrogen (secondary N) is 2. The molecule has 0 spiro atoms. The van der Waals surface area contributed by atoms with Gasteiger partial charge in [-0.2, -0.15) is 0 Å². The molecule has 0 saturated carbocycles. The first-order valence-corrected chi connectivity index (χ1v) is 8.64. The van der Waals surface area contributed by atoms with Gasteiger partial charge in [-0.05, 0) is 30.5 Å². The van der Waals surface area contributed by atoms with Crippen LogP contribution in [0.15, 0.2) is 18.2 Å².